The molecule has 4 atom stereocenters. The van der Waals surface area contributed by atoms with Gasteiger partial charge in [-0.15, -0.1) is 0 Å². The van der Waals surface area contributed by atoms with Crippen LogP contribution in [0.5, 0.6) is 0 Å². The van der Waals surface area contributed by atoms with Gasteiger partial charge in [0, 0.05) is 24.4 Å². The number of aliphatic hydroxyl groups excluding tert-OH is 2. The van der Waals surface area contributed by atoms with Gasteiger partial charge in [0.25, 0.3) is 5.91 Å². The summed E-state index contributed by atoms with van der Waals surface area (Å²) >= 11 is 0. The first-order chi connectivity index (χ1) is 18.1. The first-order valence-electron chi connectivity index (χ1n) is 13.3. The van der Waals surface area contributed by atoms with E-state index in [0.717, 1.165) is 22.3 Å². The fourth-order valence-corrected chi connectivity index (χ4v) is 5.05. The number of hydrogen-bond donors (Lipinski definition) is 4. The van der Waals surface area contributed by atoms with Gasteiger partial charge in [-0.25, -0.2) is 0 Å². The minimum atomic E-state index is -0.909. The molecule has 38 heavy (non-hydrogen) atoms. The van der Waals surface area contributed by atoms with Crippen molar-refractivity contribution in [2.45, 2.75) is 63.7 Å². The smallest absolute Gasteiger partial charge is 0.251 e. The maximum Gasteiger partial charge on any atom is 0.251 e. The number of carbonyl (C=O) groups excluding carboxylic acids is 2. The lowest BCUT2D eigenvalue weighted by Crippen LogP contribution is -2.41. The average Bonchev–Trinajstić information content (AvgIpc) is 3.21. The molecule has 4 N–H and O–H groups in total. The predicted octanol–water partition coefficient (Wildman–Crippen LogP) is 4.10. The summed E-state index contributed by atoms with van der Waals surface area (Å²) in [5, 5.41) is 27.3. The topological polar surface area (TPSA) is 98.7 Å². The van der Waals surface area contributed by atoms with E-state index in [1.807, 2.05) is 66.7 Å². The zero-order valence-electron chi connectivity index (χ0n) is 22.4. The van der Waals surface area contributed by atoms with Crippen molar-refractivity contribution < 1.29 is 19.8 Å². The van der Waals surface area contributed by atoms with Crippen molar-refractivity contribution in [2.75, 3.05) is 6.54 Å². The van der Waals surface area contributed by atoms with Crippen LogP contribution in [0, 0.1) is 5.92 Å². The van der Waals surface area contributed by atoms with E-state index in [0.29, 0.717) is 18.4 Å². The van der Waals surface area contributed by atoms with Crippen LogP contribution in [0.15, 0.2) is 78.9 Å². The van der Waals surface area contributed by atoms with Gasteiger partial charge in [0.1, 0.15) is 0 Å². The SMILES string of the molecule is CC(C)(C)c1ccc(C(=O)NC[C@@H](O)C[C@@H](Cc2ccccc2)C(=O)N[C@H]2c3ccccc3C[C@H]2O)cc1. The van der Waals surface area contributed by atoms with Crippen molar-refractivity contribution in [2.24, 2.45) is 5.92 Å². The summed E-state index contributed by atoms with van der Waals surface area (Å²) < 4.78 is 0. The molecule has 0 radical (unpaired) electrons. The van der Waals surface area contributed by atoms with Gasteiger partial charge in [-0.1, -0.05) is 87.5 Å². The Balaban J connectivity index is 1.40. The molecule has 6 heteroatoms. The van der Waals surface area contributed by atoms with Crippen molar-refractivity contribution in [3.8, 4) is 0 Å². The molecule has 0 unspecified atom stereocenters. The molecule has 4 rings (SSSR count). The standard InChI is InChI=1S/C32H38N2O4/c1-32(2,3)25-15-13-22(14-16-25)30(37)33-20-26(35)18-24(17-21-9-5-4-6-10-21)31(38)34-29-27-12-8-7-11-23(27)19-28(29)36/h4-16,24,26,28-29,35-36H,17-20H2,1-3H3,(H,33,37)(H,34,38)/t24-,26+,28-,29+/m1/s1. The number of fused-ring (bicyclic) bond motifs is 1. The predicted molar refractivity (Wildman–Crippen MR) is 149 cm³/mol. The average molecular weight is 515 g/mol. The number of nitrogens with one attached hydrogen (secondary N) is 2. The highest BCUT2D eigenvalue weighted by Gasteiger charge is 2.34. The van der Waals surface area contributed by atoms with E-state index < -0.39 is 24.2 Å². The quantitative estimate of drug-likeness (QED) is 0.346. The van der Waals surface area contributed by atoms with E-state index in [4.69, 9.17) is 0 Å². The molecule has 0 saturated heterocycles. The zero-order valence-corrected chi connectivity index (χ0v) is 22.4. The van der Waals surface area contributed by atoms with Crippen LogP contribution >= 0.6 is 0 Å². The molecule has 0 aromatic heterocycles. The molecule has 3 aromatic rings. The van der Waals surface area contributed by atoms with Gasteiger partial charge in [-0.05, 0) is 52.6 Å². The molecule has 3 aromatic carbocycles. The Kier molecular flexibility index (Phi) is 8.65. The maximum atomic E-state index is 13.4. The highest BCUT2D eigenvalue weighted by molar-refractivity contribution is 5.94. The van der Waals surface area contributed by atoms with Crippen molar-refractivity contribution in [3.63, 3.8) is 0 Å². The molecule has 0 heterocycles. The first-order valence-corrected chi connectivity index (χ1v) is 13.3. The largest absolute Gasteiger partial charge is 0.391 e. The van der Waals surface area contributed by atoms with Crippen molar-refractivity contribution >= 4 is 11.8 Å². The molecular formula is C32H38N2O4. The molecule has 6 nitrogen and oxygen atoms in total. The van der Waals surface area contributed by atoms with Gasteiger partial charge in [0.15, 0.2) is 0 Å². The summed E-state index contributed by atoms with van der Waals surface area (Å²) in [7, 11) is 0. The zero-order chi connectivity index (χ0) is 27.3. The normalized spacial score (nSPS) is 18.3. The van der Waals surface area contributed by atoms with E-state index in [2.05, 4.69) is 31.4 Å². The highest BCUT2D eigenvalue weighted by atomic mass is 16.3. The summed E-state index contributed by atoms with van der Waals surface area (Å²) in [6.07, 6.45) is -0.489. The molecule has 0 aliphatic heterocycles. The summed E-state index contributed by atoms with van der Waals surface area (Å²) in [5.41, 5.74) is 4.60. The third-order valence-electron chi connectivity index (χ3n) is 7.27. The van der Waals surface area contributed by atoms with Crippen LogP contribution in [-0.4, -0.2) is 40.8 Å². The van der Waals surface area contributed by atoms with E-state index in [-0.39, 0.29) is 30.2 Å². The lowest BCUT2D eigenvalue weighted by Gasteiger charge is -2.24. The van der Waals surface area contributed by atoms with Gasteiger partial charge in [0.05, 0.1) is 18.2 Å². The van der Waals surface area contributed by atoms with E-state index in [1.54, 1.807) is 12.1 Å². The molecule has 0 bridgehead atoms. The minimum Gasteiger partial charge on any atom is -0.391 e. The van der Waals surface area contributed by atoms with Gasteiger partial charge >= 0.3 is 0 Å². The first kappa shape index (κ1) is 27.6. The van der Waals surface area contributed by atoms with Gasteiger partial charge in [0.2, 0.25) is 5.91 Å². The van der Waals surface area contributed by atoms with Gasteiger partial charge in [-0.3, -0.25) is 9.59 Å². The Morgan fingerprint density at radius 1 is 0.947 bits per heavy atom. The number of rotatable bonds is 9. The van der Waals surface area contributed by atoms with Crippen molar-refractivity contribution in [1.82, 2.24) is 10.6 Å². The number of amides is 2. The van der Waals surface area contributed by atoms with Gasteiger partial charge in [-0.2, -0.15) is 0 Å². The molecular weight excluding hydrogens is 476 g/mol. The Labute approximate surface area is 225 Å². The number of carbonyl (C=O) groups is 2. The summed E-state index contributed by atoms with van der Waals surface area (Å²) in [6, 6.07) is 24.4. The van der Waals surface area contributed by atoms with E-state index in [9.17, 15) is 19.8 Å². The van der Waals surface area contributed by atoms with Crippen LogP contribution in [-0.2, 0) is 23.1 Å². The lowest BCUT2D eigenvalue weighted by atomic mass is 9.86. The molecule has 2 amide bonds. The van der Waals surface area contributed by atoms with Crippen LogP contribution in [0.4, 0.5) is 0 Å². The second-order valence-electron chi connectivity index (χ2n) is 11.3. The third kappa shape index (κ3) is 6.88. The highest BCUT2D eigenvalue weighted by Crippen LogP contribution is 2.32. The summed E-state index contributed by atoms with van der Waals surface area (Å²) in [4.78, 5) is 26.1. The fourth-order valence-electron chi connectivity index (χ4n) is 5.05. The van der Waals surface area contributed by atoms with E-state index in [1.165, 1.54) is 0 Å². The summed E-state index contributed by atoms with van der Waals surface area (Å²) in [5.74, 6) is -1.02. The van der Waals surface area contributed by atoms with E-state index >= 15 is 0 Å². The molecule has 200 valence electrons. The third-order valence-corrected chi connectivity index (χ3v) is 7.27. The summed E-state index contributed by atoms with van der Waals surface area (Å²) in [6.45, 7) is 6.39. The van der Waals surface area contributed by atoms with Gasteiger partial charge < -0.3 is 20.8 Å². The van der Waals surface area contributed by atoms with Crippen LogP contribution in [0.25, 0.3) is 0 Å². The Hall–Kier alpha value is -3.48. The lowest BCUT2D eigenvalue weighted by molar-refractivity contribution is -0.127. The molecule has 0 spiro atoms. The number of aliphatic hydroxyl groups is 2. The van der Waals surface area contributed by atoms with Crippen molar-refractivity contribution in [1.29, 1.82) is 0 Å². The van der Waals surface area contributed by atoms with Crippen LogP contribution in [0.1, 0.15) is 65.8 Å². The maximum absolute atomic E-state index is 13.4. The van der Waals surface area contributed by atoms with Crippen LogP contribution in [0.2, 0.25) is 0 Å². The second-order valence-corrected chi connectivity index (χ2v) is 11.3. The molecule has 1 aliphatic carbocycles. The molecule has 1 aliphatic rings. The second kappa shape index (κ2) is 11.9. The minimum absolute atomic E-state index is 0.00381. The fraction of sp³-hybridized carbons (Fsp3) is 0.375. The molecule has 0 saturated carbocycles. The Bertz CT molecular complexity index is 1230. The van der Waals surface area contributed by atoms with Crippen LogP contribution < -0.4 is 10.6 Å². The molecule has 0 fully saturated rings. The number of hydrogen-bond acceptors (Lipinski definition) is 4. The van der Waals surface area contributed by atoms with Crippen LogP contribution in [0.3, 0.4) is 0 Å². The Morgan fingerprint density at radius 3 is 2.29 bits per heavy atom. The number of benzene rings is 3. The Morgan fingerprint density at radius 2 is 1.61 bits per heavy atom. The monoisotopic (exact) mass is 514 g/mol. The van der Waals surface area contributed by atoms with Crippen molar-refractivity contribution in [3.05, 3.63) is 107 Å².